The Labute approximate surface area is 150 Å². The van der Waals surface area contributed by atoms with Gasteiger partial charge in [0, 0.05) is 31.2 Å². The maximum atomic E-state index is 13.0. The van der Waals surface area contributed by atoms with E-state index in [0.717, 1.165) is 43.9 Å². The lowest BCUT2D eigenvalue weighted by Gasteiger charge is -2.30. The first-order chi connectivity index (χ1) is 11.3. The molecule has 24 heavy (non-hydrogen) atoms. The van der Waals surface area contributed by atoms with Gasteiger partial charge in [-0.2, -0.15) is 0 Å². The van der Waals surface area contributed by atoms with Crippen molar-refractivity contribution < 1.29 is 9.53 Å². The molecule has 3 rings (SSSR count). The van der Waals surface area contributed by atoms with Gasteiger partial charge in [-0.3, -0.25) is 4.79 Å². The summed E-state index contributed by atoms with van der Waals surface area (Å²) in [5, 5.41) is 3.38. The molecule has 5 nitrogen and oxygen atoms in total. The minimum absolute atomic E-state index is 0. The SMILES string of the molecule is COc1cccc(C(=O)N(CCN2CCCC2)C2CCNC2)c1.Cl. The van der Waals surface area contributed by atoms with E-state index < -0.39 is 0 Å². The highest BCUT2D eigenvalue weighted by atomic mass is 35.5. The number of hydrogen-bond acceptors (Lipinski definition) is 4. The van der Waals surface area contributed by atoms with Crippen LogP contribution in [-0.2, 0) is 0 Å². The number of carbonyl (C=O) groups excluding carboxylic acids is 1. The lowest BCUT2D eigenvalue weighted by Crippen LogP contribution is -2.45. The molecule has 2 heterocycles. The average molecular weight is 354 g/mol. The molecule has 1 aromatic carbocycles. The summed E-state index contributed by atoms with van der Waals surface area (Å²) in [6.07, 6.45) is 3.61. The van der Waals surface area contributed by atoms with Gasteiger partial charge in [-0.1, -0.05) is 6.07 Å². The zero-order chi connectivity index (χ0) is 16.1. The highest BCUT2D eigenvalue weighted by Crippen LogP contribution is 2.18. The molecule has 1 N–H and O–H groups in total. The van der Waals surface area contributed by atoms with Gasteiger partial charge in [-0.25, -0.2) is 0 Å². The van der Waals surface area contributed by atoms with Crippen molar-refractivity contribution in [1.82, 2.24) is 15.1 Å². The number of benzene rings is 1. The van der Waals surface area contributed by atoms with Crippen molar-refractivity contribution in [3.05, 3.63) is 29.8 Å². The van der Waals surface area contributed by atoms with Crippen LogP contribution in [0.3, 0.4) is 0 Å². The van der Waals surface area contributed by atoms with E-state index in [2.05, 4.69) is 15.1 Å². The maximum absolute atomic E-state index is 13.0. The minimum Gasteiger partial charge on any atom is -0.497 e. The summed E-state index contributed by atoms with van der Waals surface area (Å²) in [5.41, 5.74) is 0.720. The van der Waals surface area contributed by atoms with Gasteiger partial charge in [0.15, 0.2) is 0 Å². The van der Waals surface area contributed by atoms with E-state index in [9.17, 15) is 4.79 Å². The molecule has 1 atom stereocenters. The van der Waals surface area contributed by atoms with Gasteiger partial charge in [-0.15, -0.1) is 12.4 Å². The second-order valence-corrected chi connectivity index (χ2v) is 6.43. The van der Waals surface area contributed by atoms with Gasteiger partial charge in [0.05, 0.1) is 7.11 Å². The number of nitrogens with one attached hydrogen (secondary N) is 1. The Morgan fingerprint density at radius 3 is 2.83 bits per heavy atom. The lowest BCUT2D eigenvalue weighted by molar-refractivity contribution is 0.0672. The molecular weight excluding hydrogens is 326 g/mol. The Morgan fingerprint density at radius 1 is 1.38 bits per heavy atom. The summed E-state index contributed by atoms with van der Waals surface area (Å²) in [7, 11) is 1.63. The number of rotatable bonds is 6. The molecule has 1 unspecified atom stereocenters. The van der Waals surface area contributed by atoms with E-state index in [1.807, 2.05) is 24.3 Å². The lowest BCUT2D eigenvalue weighted by atomic mass is 10.1. The number of nitrogens with zero attached hydrogens (tertiary/aromatic N) is 2. The van der Waals surface area contributed by atoms with Gasteiger partial charge >= 0.3 is 0 Å². The van der Waals surface area contributed by atoms with Crippen molar-refractivity contribution >= 4 is 18.3 Å². The third kappa shape index (κ3) is 4.62. The number of halogens is 1. The van der Waals surface area contributed by atoms with Crippen LogP contribution in [0.4, 0.5) is 0 Å². The number of carbonyl (C=O) groups is 1. The summed E-state index contributed by atoms with van der Waals surface area (Å²) < 4.78 is 5.26. The van der Waals surface area contributed by atoms with Crippen molar-refractivity contribution in [3.63, 3.8) is 0 Å². The summed E-state index contributed by atoms with van der Waals surface area (Å²) in [5.74, 6) is 0.858. The molecule has 0 aliphatic carbocycles. The third-order valence-electron chi connectivity index (χ3n) is 4.91. The predicted molar refractivity (Wildman–Crippen MR) is 98.2 cm³/mol. The van der Waals surface area contributed by atoms with Gasteiger partial charge in [0.1, 0.15) is 5.75 Å². The van der Waals surface area contributed by atoms with Crippen molar-refractivity contribution in [2.45, 2.75) is 25.3 Å². The maximum Gasteiger partial charge on any atom is 0.254 e. The normalized spacial score (nSPS) is 20.6. The van der Waals surface area contributed by atoms with Crippen LogP contribution in [-0.4, -0.2) is 68.1 Å². The second-order valence-electron chi connectivity index (χ2n) is 6.43. The van der Waals surface area contributed by atoms with E-state index in [-0.39, 0.29) is 18.3 Å². The molecule has 0 radical (unpaired) electrons. The van der Waals surface area contributed by atoms with Crippen LogP contribution in [0, 0.1) is 0 Å². The van der Waals surface area contributed by atoms with E-state index in [1.54, 1.807) is 7.11 Å². The molecular formula is C18H28ClN3O2. The summed E-state index contributed by atoms with van der Waals surface area (Å²) in [6.45, 7) is 6.02. The van der Waals surface area contributed by atoms with Crippen LogP contribution in [0.25, 0.3) is 0 Å². The van der Waals surface area contributed by atoms with Crippen molar-refractivity contribution in [3.8, 4) is 5.75 Å². The first kappa shape index (κ1) is 19.0. The molecule has 1 amide bonds. The van der Waals surface area contributed by atoms with Crippen LogP contribution in [0.5, 0.6) is 5.75 Å². The zero-order valence-electron chi connectivity index (χ0n) is 14.4. The number of methoxy groups -OCH3 is 1. The molecule has 0 spiro atoms. The van der Waals surface area contributed by atoms with Crippen LogP contribution in [0.1, 0.15) is 29.6 Å². The molecule has 0 saturated carbocycles. The van der Waals surface area contributed by atoms with E-state index in [4.69, 9.17) is 4.74 Å². The molecule has 2 saturated heterocycles. The fourth-order valence-corrected chi connectivity index (χ4v) is 3.53. The first-order valence-corrected chi connectivity index (χ1v) is 8.66. The molecule has 0 bridgehead atoms. The predicted octanol–water partition coefficient (Wildman–Crippen LogP) is 2.02. The fraction of sp³-hybridized carbons (Fsp3) is 0.611. The standard InChI is InChI=1S/C18H27N3O2.ClH/c1-23-17-6-4-5-15(13-17)18(22)21(16-7-8-19-14-16)12-11-20-9-2-3-10-20;/h4-6,13,16,19H,2-3,7-12,14H2,1H3;1H. The second kappa shape index (κ2) is 9.25. The molecule has 1 aromatic rings. The Kier molecular flexibility index (Phi) is 7.34. The molecule has 134 valence electrons. The Balaban J connectivity index is 0.00000208. The zero-order valence-corrected chi connectivity index (χ0v) is 15.2. The minimum atomic E-state index is 0. The fourth-order valence-electron chi connectivity index (χ4n) is 3.53. The van der Waals surface area contributed by atoms with Crippen molar-refractivity contribution in [2.24, 2.45) is 0 Å². The van der Waals surface area contributed by atoms with Crippen molar-refractivity contribution in [1.29, 1.82) is 0 Å². The molecule has 2 fully saturated rings. The van der Waals surface area contributed by atoms with Crippen LogP contribution >= 0.6 is 12.4 Å². The number of hydrogen-bond donors (Lipinski definition) is 1. The van der Waals surface area contributed by atoms with Gasteiger partial charge in [-0.05, 0) is 57.1 Å². The third-order valence-corrected chi connectivity index (χ3v) is 4.91. The smallest absolute Gasteiger partial charge is 0.254 e. The number of amides is 1. The first-order valence-electron chi connectivity index (χ1n) is 8.66. The van der Waals surface area contributed by atoms with Gasteiger partial charge < -0.3 is 19.9 Å². The van der Waals surface area contributed by atoms with Gasteiger partial charge in [0.25, 0.3) is 5.91 Å². The highest BCUT2D eigenvalue weighted by molar-refractivity contribution is 5.94. The monoisotopic (exact) mass is 353 g/mol. The van der Waals surface area contributed by atoms with E-state index >= 15 is 0 Å². The quantitative estimate of drug-likeness (QED) is 0.849. The average Bonchev–Trinajstić information content (AvgIpc) is 3.28. The molecule has 0 aromatic heterocycles. The van der Waals surface area contributed by atoms with Crippen LogP contribution in [0.2, 0.25) is 0 Å². The molecule has 2 aliphatic rings. The highest BCUT2D eigenvalue weighted by Gasteiger charge is 2.28. The molecule has 6 heteroatoms. The number of ether oxygens (including phenoxy) is 1. The van der Waals surface area contributed by atoms with Crippen LogP contribution < -0.4 is 10.1 Å². The Bertz CT molecular complexity index is 529. The Morgan fingerprint density at radius 2 is 2.17 bits per heavy atom. The summed E-state index contributed by atoms with van der Waals surface area (Å²) in [6, 6.07) is 7.79. The Hall–Kier alpha value is -1.30. The molecule has 2 aliphatic heterocycles. The van der Waals surface area contributed by atoms with Crippen molar-refractivity contribution in [2.75, 3.05) is 46.4 Å². The summed E-state index contributed by atoms with van der Waals surface area (Å²) >= 11 is 0. The van der Waals surface area contributed by atoms with E-state index in [1.165, 1.54) is 25.9 Å². The summed E-state index contributed by atoms with van der Waals surface area (Å²) in [4.78, 5) is 17.6. The van der Waals surface area contributed by atoms with E-state index in [0.29, 0.717) is 6.04 Å². The number of likely N-dealkylation sites (tertiary alicyclic amines) is 1. The topological polar surface area (TPSA) is 44.8 Å². The van der Waals surface area contributed by atoms with Gasteiger partial charge in [0.2, 0.25) is 0 Å². The largest absolute Gasteiger partial charge is 0.497 e. The van der Waals surface area contributed by atoms with Crippen LogP contribution in [0.15, 0.2) is 24.3 Å².